The Hall–Kier alpha value is -2.22. The van der Waals surface area contributed by atoms with Crippen LogP contribution in [0.1, 0.15) is 36.5 Å². The summed E-state index contributed by atoms with van der Waals surface area (Å²) in [7, 11) is 0. The molecule has 1 aliphatic rings. The van der Waals surface area contributed by atoms with Crippen LogP contribution in [-0.2, 0) is 22.6 Å². The van der Waals surface area contributed by atoms with Gasteiger partial charge in [-0.1, -0.05) is 5.21 Å². The number of carbonyl (C=O) groups is 1. The highest BCUT2D eigenvalue weighted by Gasteiger charge is 2.30. The van der Waals surface area contributed by atoms with Crippen molar-refractivity contribution in [1.82, 2.24) is 29.7 Å². The zero-order chi connectivity index (χ0) is 18.2. The zero-order valence-electron chi connectivity index (χ0n) is 15.6. The summed E-state index contributed by atoms with van der Waals surface area (Å²) < 4.78 is 9.17. The zero-order valence-corrected chi connectivity index (χ0v) is 15.6. The van der Waals surface area contributed by atoms with Crippen molar-refractivity contribution >= 4 is 5.91 Å². The van der Waals surface area contributed by atoms with Gasteiger partial charge in [0.15, 0.2) is 0 Å². The lowest BCUT2D eigenvalue weighted by molar-refractivity contribution is -0.146. The molecule has 0 atom stereocenters. The first kappa shape index (κ1) is 17.6. The number of amides is 1. The van der Waals surface area contributed by atoms with Gasteiger partial charge in [0.2, 0.25) is 5.91 Å². The number of aromatic nitrogens is 5. The van der Waals surface area contributed by atoms with Crippen LogP contribution < -0.4 is 0 Å². The van der Waals surface area contributed by atoms with E-state index in [1.54, 1.807) is 4.68 Å². The summed E-state index contributed by atoms with van der Waals surface area (Å²) in [4.78, 5) is 14.3. The fourth-order valence-corrected chi connectivity index (χ4v) is 3.05. The fourth-order valence-electron chi connectivity index (χ4n) is 3.05. The number of nitrogens with zero attached hydrogens (tertiary/aromatic N) is 6. The summed E-state index contributed by atoms with van der Waals surface area (Å²) in [6, 6.07) is 0. The first-order chi connectivity index (χ1) is 11.7. The number of hydrogen-bond acceptors (Lipinski definition) is 5. The number of aryl methyl sites for hydroxylation is 1. The lowest BCUT2D eigenvalue weighted by Gasteiger charge is -2.38. The van der Waals surface area contributed by atoms with Crippen LogP contribution in [0.2, 0.25) is 0 Å². The number of hydrogen-bond donors (Lipinski definition) is 0. The van der Waals surface area contributed by atoms with Crippen molar-refractivity contribution in [3.63, 3.8) is 0 Å². The number of ether oxygens (including phenoxy) is 1. The summed E-state index contributed by atoms with van der Waals surface area (Å²) in [6.45, 7) is 12.6. The molecular weight excluding hydrogens is 320 g/mol. The first-order valence-electron chi connectivity index (χ1n) is 8.56. The maximum atomic E-state index is 12.5. The Labute approximate surface area is 147 Å². The fraction of sp³-hybridized carbons (Fsp3) is 0.647. The Kier molecular flexibility index (Phi) is 4.64. The van der Waals surface area contributed by atoms with Gasteiger partial charge in [0.05, 0.1) is 30.6 Å². The summed E-state index contributed by atoms with van der Waals surface area (Å²) >= 11 is 0. The smallest absolute Gasteiger partial charge is 0.244 e. The second-order valence-electron chi connectivity index (χ2n) is 7.28. The van der Waals surface area contributed by atoms with Gasteiger partial charge in [-0.05, 0) is 40.2 Å². The molecule has 0 aromatic carbocycles. The van der Waals surface area contributed by atoms with Crippen molar-refractivity contribution in [3.8, 4) is 0 Å². The average molecular weight is 346 g/mol. The quantitative estimate of drug-likeness (QED) is 0.828. The van der Waals surface area contributed by atoms with Gasteiger partial charge < -0.3 is 9.64 Å². The van der Waals surface area contributed by atoms with Gasteiger partial charge in [-0.15, -0.1) is 5.10 Å². The van der Waals surface area contributed by atoms with Gasteiger partial charge in [-0.3, -0.25) is 9.48 Å². The molecule has 25 heavy (non-hydrogen) atoms. The van der Waals surface area contributed by atoms with Crippen molar-refractivity contribution in [2.75, 3.05) is 19.7 Å². The molecule has 2 aromatic rings. The topological polar surface area (TPSA) is 78.1 Å². The van der Waals surface area contributed by atoms with E-state index in [-0.39, 0.29) is 18.1 Å². The Balaban J connectivity index is 1.63. The summed E-state index contributed by atoms with van der Waals surface area (Å²) in [5.74, 6) is 0.0368. The van der Waals surface area contributed by atoms with Crippen LogP contribution in [-0.4, -0.2) is 60.9 Å². The van der Waals surface area contributed by atoms with E-state index < -0.39 is 0 Å². The molecule has 0 bridgehead atoms. The molecule has 0 unspecified atom stereocenters. The van der Waals surface area contributed by atoms with E-state index in [4.69, 9.17) is 4.74 Å². The Morgan fingerprint density at radius 3 is 2.72 bits per heavy atom. The Morgan fingerprint density at radius 1 is 1.32 bits per heavy atom. The summed E-state index contributed by atoms with van der Waals surface area (Å²) in [6.07, 6.45) is 1.81. The minimum atomic E-state index is -0.297. The average Bonchev–Trinajstić information content (AvgIpc) is 3.07. The lowest BCUT2D eigenvalue weighted by atomic mass is 10.1. The molecular formula is C17H26N6O2. The third-order valence-electron chi connectivity index (χ3n) is 4.72. The highest BCUT2D eigenvalue weighted by atomic mass is 16.5. The third-order valence-corrected chi connectivity index (χ3v) is 4.72. The molecule has 3 rings (SSSR count). The molecule has 3 heterocycles. The van der Waals surface area contributed by atoms with Crippen molar-refractivity contribution in [2.24, 2.45) is 0 Å². The van der Waals surface area contributed by atoms with Gasteiger partial charge in [0, 0.05) is 18.8 Å². The Morgan fingerprint density at radius 2 is 2.08 bits per heavy atom. The van der Waals surface area contributed by atoms with E-state index in [1.165, 1.54) is 5.56 Å². The van der Waals surface area contributed by atoms with Crippen molar-refractivity contribution in [3.05, 3.63) is 28.8 Å². The van der Waals surface area contributed by atoms with E-state index in [1.807, 2.05) is 43.5 Å². The highest BCUT2D eigenvalue weighted by molar-refractivity contribution is 5.76. The second-order valence-corrected chi connectivity index (χ2v) is 7.28. The van der Waals surface area contributed by atoms with E-state index in [9.17, 15) is 4.79 Å². The summed E-state index contributed by atoms with van der Waals surface area (Å²) in [5, 5.41) is 12.8. The minimum Gasteiger partial charge on any atom is -0.372 e. The normalized spacial score (nSPS) is 17.1. The van der Waals surface area contributed by atoms with Gasteiger partial charge in [0.25, 0.3) is 0 Å². The SMILES string of the molecule is Cc1nn(Cc2cn(CC(=O)N3CCOC(C)(C)C3)nn2)c(C)c1C. The molecule has 1 fully saturated rings. The molecule has 0 spiro atoms. The number of carbonyl (C=O) groups excluding carboxylic acids is 1. The monoisotopic (exact) mass is 346 g/mol. The van der Waals surface area contributed by atoms with Gasteiger partial charge in [0.1, 0.15) is 12.2 Å². The Bertz CT molecular complexity index is 776. The van der Waals surface area contributed by atoms with E-state index in [2.05, 4.69) is 22.3 Å². The van der Waals surface area contributed by atoms with Crippen LogP contribution in [0.3, 0.4) is 0 Å². The van der Waals surface area contributed by atoms with Crippen LogP contribution in [0.15, 0.2) is 6.20 Å². The molecule has 0 saturated carbocycles. The summed E-state index contributed by atoms with van der Waals surface area (Å²) in [5.41, 5.74) is 3.83. The molecule has 8 heteroatoms. The largest absolute Gasteiger partial charge is 0.372 e. The van der Waals surface area contributed by atoms with Gasteiger partial charge in [-0.2, -0.15) is 5.10 Å². The molecule has 0 N–H and O–H groups in total. The molecule has 0 aliphatic carbocycles. The molecule has 1 aliphatic heterocycles. The molecule has 8 nitrogen and oxygen atoms in total. The van der Waals surface area contributed by atoms with Crippen molar-refractivity contribution in [2.45, 2.75) is 53.3 Å². The first-order valence-corrected chi connectivity index (χ1v) is 8.56. The predicted molar refractivity (Wildman–Crippen MR) is 92.2 cm³/mol. The van der Waals surface area contributed by atoms with Gasteiger partial charge in [-0.25, -0.2) is 4.68 Å². The maximum Gasteiger partial charge on any atom is 0.244 e. The van der Waals surface area contributed by atoms with E-state index >= 15 is 0 Å². The number of rotatable bonds is 4. The predicted octanol–water partition coefficient (Wildman–Crippen LogP) is 1.09. The van der Waals surface area contributed by atoms with Crippen molar-refractivity contribution < 1.29 is 9.53 Å². The van der Waals surface area contributed by atoms with Crippen LogP contribution in [0, 0.1) is 20.8 Å². The standard InChI is InChI=1S/C17H26N6O2/c1-12-13(2)19-23(14(12)3)9-15-8-22(20-18-15)10-16(24)21-6-7-25-17(4,5)11-21/h8H,6-7,9-11H2,1-5H3. The number of morpholine rings is 1. The molecule has 0 radical (unpaired) electrons. The van der Waals surface area contributed by atoms with E-state index in [0.717, 1.165) is 17.1 Å². The molecule has 2 aromatic heterocycles. The van der Waals surface area contributed by atoms with Crippen LogP contribution in [0.25, 0.3) is 0 Å². The van der Waals surface area contributed by atoms with Gasteiger partial charge >= 0.3 is 0 Å². The molecule has 1 amide bonds. The third kappa shape index (κ3) is 3.89. The van der Waals surface area contributed by atoms with E-state index in [0.29, 0.717) is 26.2 Å². The molecule has 1 saturated heterocycles. The van der Waals surface area contributed by atoms with Crippen molar-refractivity contribution in [1.29, 1.82) is 0 Å². The molecule has 136 valence electrons. The maximum absolute atomic E-state index is 12.5. The van der Waals surface area contributed by atoms with Crippen LogP contribution in [0.5, 0.6) is 0 Å². The highest BCUT2D eigenvalue weighted by Crippen LogP contribution is 2.17. The van der Waals surface area contributed by atoms with Crippen LogP contribution >= 0.6 is 0 Å². The minimum absolute atomic E-state index is 0.0368. The van der Waals surface area contributed by atoms with Crippen LogP contribution in [0.4, 0.5) is 0 Å². The lowest BCUT2D eigenvalue weighted by Crippen LogP contribution is -2.51. The second kappa shape index (κ2) is 6.59.